The highest BCUT2D eigenvalue weighted by molar-refractivity contribution is 5.92. The molecule has 2 aromatic carbocycles. The van der Waals surface area contributed by atoms with Gasteiger partial charge in [-0.1, -0.05) is 12.1 Å². The molecule has 1 fully saturated rings. The minimum absolute atomic E-state index is 0.0478. The second-order valence-corrected chi connectivity index (χ2v) is 9.86. The fourth-order valence-corrected chi connectivity index (χ4v) is 4.05. The van der Waals surface area contributed by atoms with Crippen LogP contribution in [0.25, 0.3) is 10.9 Å². The van der Waals surface area contributed by atoms with Gasteiger partial charge in [0.15, 0.2) is 17.3 Å². The predicted molar refractivity (Wildman–Crippen MR) is 134 cm³/mol. The molecule has 3 aromatic rings. The second-order valence-electron chi connectivity index (χ2n) is 9.86. The number of rotatable bonds is 11. The molecule has 4 rings (SSSR count). The molecule has 0 spiro atoms. The van der Waals surface area contributed by atoms with Gasteiger partial charge in [0.05, 0.1) is 31.4 Å². The zero-order valence-electron chi connectivity index (χ0n) is 21.9. The van der Waals surface area contributed by atoms with E-state index in [4.69, 9.17) is 14.2 Å². The Morgan fingerprint density at radius 2 is 1.84 bits per heavy atom. The molecule has 0 amide bonds. The molecule has 1 unspecified atom stereocenters. The molecule has 0 saturated heterocycles. The van der Waals surface area contributed by atoms with E-state index in [1.54, 1.807) is 13.8 Å². The lowest BCUT2D eigenvalue weighted by Crippen LogP contribution is -2.41. The summed E-state index contributed by atoms with van der Waals surface area (Å²) < 4.78 is 76.9. The molecular weight excluding hydrogens is 506 g/mol. The number of nitrogens with one attached hydrogen (secondary N) is 1. The highest BCUT2D eigenvalue weighted by atomic mass is 19.3. The van der Waals surface area contributed by atoms with Crippen molar-refractivity contribution in [1.82, 2.24) is 9.97 Å². The number of aliphatic hydroxyl groups is 1. The molecule has 1 atom stereocenters. The van der Waals surface area contributed by atoms with Gasteiger partial charge in [-0.05, 0) is 52.7 Å². The first-order chi connectivity index (χ1) is 17.8. The maximum atomic E-state index is 15.4. The minimum atomic E-state index is -3.85. The van der Waals surface area contributed by atoms with Crippen molar-refractivity contribution in [2.75, 3.05) is 25.6 Å². The smallest absolute Gasteiger partial charge is 0.303 e. The van der Waals surface area contributed by atoms with E-state index in [0.717, 1.165) is 32.8 Å². The maximum Gasteiger partial charge on any atom is 0.303 e. The van der Waals surface area contributed by atoms with Gasteiger partial charge in [-0.15, -0.1) is 0 Å². The topological polar surface area (TPSA) is 85.7 Å². The zero-order valence-corrected chi connectivity index (χ0v) is 21.9. The van der Waals surface area contributed by atoms with Gasteiger partial charge in [0, 0.05) is 10.9 Å². The first-order valence-electron chi connectivity index (χ1n) is 12.3. The Morgan fingerprint density at radius 1 is 1.13 bits per heavy atom. The van der Waals surface area contributed by atoms with Gasteiger partial charge in [-0.2, -0.15) is 8.78 Å². The van der Waals surface area contributed by atoms with Gasteiger partial charge in [0.25, 0.3) is 0 Å². The monoisotopic (exact) mass is 537 g/mol. The lowest BCUT2D eigenvalue weighted by molar-refractivity contribution is -0.170. The summed E-state index contributed by atoms with van der Waals surface area (Å²) in [5.41, 5.74) is -3.55. The molecule has 0 bridgehead atoms. The highest BCUT2D eigenvalue weighted by Crippen LogP contribution is 2.42. The summed E-state index contributed by atoms with van der Waals surface area (Å²) in [5.74, 6) is -5.42. The molecule has 38 heavy (non-hydrogen) atoms. The average molecular weight is 538 g/mol. The van der Waals surface area contributed by atoms with E-state index in [2.05, 4.69) is 15.3 Å². The summed E-state index contributed by atoms with van der Waals surface area (Å²) in [7, 11) is 1.31. The van der Waals surface area contributed by atoms with E-state index in [9.17, 15) is 13.9 Å². The molecular formula is C27H31F4N3O4. The van der Waals surface area contributed by atoms with Crippen molar-refractivity contribution in [3.8, 4) is 11.5 Å². The van der Waals surface area contributed by atoms with Crippen molar-refractivity contribution in [3.05, 3.63) is 52.9 Å². The van der Waals surface area contributed by atoms with Crippen LogP contribution in [-0.2, 0) is 10.7 Å². The molecule has 0 radical (unpaired) electrons. The molecule has 1 heterocycles. The molecule has 1 aliphatic rings. The Morgan fingerprint density at radius 3 is 2.47 bits per heavy atom. The van der Waals surface area contributed by atoms with Crippen molar-refractivity contribution in [2.24, 2.45) is 0 Å². The standard InChI is InChI=1S/C27H31F4N3O4/c1-14(17-7-6-8-19(21(17)28)27(30,31)26(3,4)35)32-25-18-13-20(38-12-11-37-16-9-10-16)24(36-5)22(29)23(18)33-15(2)34-25/h6-8,13-14,16,35H,9-12H2,1-5H3,(H,32,33,34). The van der Waals surface area contributed by atoms with Gasteiger partial charge in [0.2, 0.25) is 0 Å². The van der Waals surface area contributed by atoms with Gasteiger partial charge >= 0.3 is 5.92 Å². The summed E-state index contributed by atoms with van der Waals surface area (Å²) in [6.07, 6.45) is 2.26. The number of hydrogen-bond donors (Lipinski definition) is 2. The molecule has 2 N–H and O–H groups in total. The molecule has 7 nitrogen and oxygen atoms in total. The summed E-state index contributed by atoms with van der Waals surface area (Å²) in [6.45, 7) is 5.43. The van der Waals surface area contributed by atoms with Crippen LogP contribution in [0.1, 0.15) is 56.6 Å². The normalized spacial score (nSPS) is 15.0. The van der Waals surface area contributed by atoms with E-state index < -0.39 is 34.8 Å². The molecule has 206 valence electrons. The van der Waals surface area contributed by atoms with Crippen LogP contribution in [-0.4, -0.2) is 47.1 Å². The van der Waals surface area contributed by atoms with Crippen LogP contribution in [0.4, 0.5) is 23.4 Å². The van der Waals surface area contributed by atoms with Crippen molar-refractivity contribution in [3.63, 3.8) is 0 Å². The first kappa shape index (κ1) is 27.8. The van der Waals surface area contributed by atoms with Gasteiger partial charge in [-0.3, -0.25) is 0 Å². The van der Waals surface area contributed by atoms with E-state index in [-0.39, 0.29) is 52.3 Å². The number of methoxy groups -OCH3 is 1. The van der Waals surface area contributed by atoms with Crippen molar-refractivity contribution < 1.29 is 36.9 Å². The van der Waals surface area contributed by atoms with Gasteiger partial charge in [-0.25, -0.2) is 18.7 Å². The fraction of sp³-hybridized carbons (Fsp3) is 0.481. The summed E-state index contributed by atoms with van der Waals surface area (Å²) >= 11 is 0. The third kappa shape index (κ3) is 5.49. The number of fused-ring (bicyclic) bond motifs is 1. The molecule has 1 saturated carbocycles. The second kappa shape index (κ2) is 10.5. The maximum absolute atomic E-state index is 15.4. The SMILES string of the molecule is COc1c(OCCOC2CC2)cc2c(NC(C)c3cccc(C(F)(F)C(C)(C)O)c3F)nc(C)nc2c1F. The lowest BCUT2D eigenvalue weighted by atomic mass is 9.91. The Labute approximate surface area is 218 Å². The Kier molecular flexibility index (Phi) is 7.72. The van der Waals surface area contributed by atoms with Crippen LogP contribution >= 0.6 is 0 Å². The van der Waals surface area contributed by atoms with Crippen LogP contribution in [0, 0.1) is 18.6 Å². The Bertz CT molecular complexity index is 1330. The van der Waals surface area contributed by atoms with E-state index in [0.29, 0.717) is 6.61 Å². The minimum Gasteiger partial charge on any atom is -0.490 e. The van der Waals surface area contributed by atoms with Crippen LogP contribution < -0.4 is 14.8 Å². The fourth-order valence-electron chi connectivity index (χ4n) is 4.05. The van der Waals surface area contributed by atoms with Crippen LogP contribution in [0.5, 0.6) is 11.5 Å². The highest BCUT2D eigenvalue weighted by Gasteiger charge is 2.49. The third-order valence-corrected chi connectivity index (χ3v) is 6.34. The quantitative estimate of drug-likeness (QED) is 0.236. The van der Waals surface area contributed by atoms with Crippen LogP contribution in [0.2, 0.25) is 0 Å². The van der Waals surface area contributed by atoms with Crippen molar-refractivity contribution in [2.45, 2.75) is 64.2 Å². The molecule has 1 aromatic heterocycles. The Hall–Kier alpha value is -3.18. The number of nitrogens with zero attached hydrogens (tertiary/aromatic N) is 2. The molecule has 1 aliphatic carbocycles. The summed E-state index contributed by atoms with van der Waals surface area (Å²) in [6, 6.07) is 4.22. The van der Waals surface area contributed by atoms with Crippen LogP contribution in [0.3, 0.4) is 0 Å². The van der Waals surface area contributed by atoms with E-state index in [1.165, 1.54) is 25.3 Å². The number of halogens is 4. The lowest BCUT2D eigenvalue weighted by Gasteiger charge is -2.30. The summed E-state index contributed by atoms with van der Waals surface area (Å²) in [4.78, 5) is 8.55. The third-order valence-electron chi connectivity index (χ3n) is 6.34. The number of hydrogen-bond acceptors (Lipinski definition) is 7. The van der Waals surface area contributed by atoms with Crippen LogP contribution in [0.15, 0.2) is 24.3 Å². The number of benzene rings is 2. The first-order valence-corrected chi connectivity index (χ1v) is 12.3. The molecule has 11 heteroatoms. The number of ether oxygens (including phenoxy) is 3. The van der Waals surface area contributed by atoms with Gasteiger partial charge < -0.3 is 24.6 Å². The number of anilines is 1. The number of aromatic nitrogens is 2. The number of aryl methyl sites for hydroxylation is 1. The van der Waals surface area contributed by atoms with Crippen molar-refractivity contribution >= 4 is 16.7 Å². The van der Waals surface area contributed by atoms with E-state index in [1.807, 2.05) is 0 Å². The van der Waals surface area contributed by atoms with Crippen molar-refractivity contribution in [1.29, 1.82) is 0 Å². The average Bonchev–Trinajstić information content (AvgIpc) is 3.66. The summed E-state index contributed by atoms with van der Waals surface area (Å²) in [5, 5.41) is 13.2. The Balaban J connectivity index is 1.69. The molecule has 0 aliphatic heterocycles. The zero-order chi connectivity index (χ0) is 27.8. The predicted octanol–water partition coefficient (Wildman–Crippen LogP) is 5.82. The van der Waals surface area contributed by atoms with E-state index >= 15 is 8.78 Å². The number of alkyl halides is 2. The van der Waals surface area contributed by atoms with Gasteiger partial charge in [0.1, 0.15) is 35.2 Å². The largest absolute Gasteiger partial charge is 0.490 e.